The van der Waals surface area contributed by atoms with Gasteiger partial charge in [0.2, 0.25) is 0 Å². The Kier molecular flexibility index (Phi) is 5.18. The lowest BCUT2D eigenvalue weighted by Crippen LogP contribution is -2.35. The molecule has 0 saturated heterocycles. The van der Waals surface area contributed by atoms with Crippen LogP contribution in [0.15, 0.2) is 12.3 Å². The molecule has 1 atom stereocenters. The fraction of sp³-hybridized carbons (Fsp3) is 0.455. The largest absolute Gasteiger partial charge is 0.383 e. The van der Waals surface area contributed by atoms with E-state index in [1.54, 1.807) is 20.2 Å². The van der Waals surface area contributed by atoms with Gasteiger partial charge < -0.3 is 15.4 Å². The number of halogens is 1. The zero-order valence-electron chi connectivity index (χ0n) is 10.1. The second-order valence-electron chi connectivity index (χ2n) is 3.63. The predicted octanol–water partition coefficient (Wildman–Crippen LogP) is 1.54. The molecule has 0 saturated carbocycles. The van der Waals surface area contributed by atoms with Crippen molar-refractivity contribution in [1.29, 1.82) is 0 Å². The Bertz CT molecular complexity index is 398. The molecule has 5 nitrogen and oxygen atoms in total. The Morgan fingerprint density at radius 3 is 2.94 bits per heavy atom. The fourth-order valence-electron chi connectivity index (χ4n) is 1.34. The fourth-order valence-corrected chi connectivity index (χ4v) is 1.53. The predicted molar refractivity (Wildman–Crippen MR) is 67.6 cm³/mol. The number of hydrogen-bond donors (Lipinski definition) is 2. The van der Waals surface area contributed by atoms with E-state index in [0.717, 1.165) is 0 Å². The van der Waals surface area contributed by atoms with Crippen molar-refractivity contribution < 1.29 is 9.53 Å². The molecular formula is C11H16ClN3O2. The minimum Gasteiger partial charge on any atom is -0.383 e. The molecule has 1 amide bonds. The van der Waals surface area contributed by atoms with Gasteiger partial charge in [0.15, 0.2) is 0 Å². The lowest BCUT2D eigenvalue weighted by molar-refractivity contribution is 0.0905. The monoisotopic (exact) mass is 257 g/mol. The van der Waals surface area contributed by atoms with Crippen molar-refractivity contribution in [3.63, 3.8) is 0 Å². The second-order valence-corrected chi connectivity index (χ2v) is 4.04. The number of methoxy groups -OCH3 is 1. The van der Waals surface area contributed by atoms with E-state index in [-0.39, 0.29) is 11.9 Å². The number of hydrogen-bond acceptors (Lipinski definition) is 4. The van der Waals surface area contributed by atoms with E-state index >= 15 is 0 Å². The van der Waals surface area contributed by atoms with Gasteiger partial charge in [-0.15, -0.1) is 0 Å². The summed E-state index contributed by atoms with van der Waals surface area (Å²) in [6.07, 6.45) is 1.45. The maximum atomic E-state index is 11.9. The van der Waals surface area contributed by atoms with Crippen molar-refractivity contribution in [2.45, 2.75) is 13.0 Å². The van der Waals surface area contributed by atoms with Crippen molar-refractivity contribution in [2.24, 2.45) is 0 Å². The van der Waals surface area contributed by atoms with E-state index < -0.39 is 0 Å². The van der Waals surface area contributed by atoms with Crippen LogP contribution in [0.2, 0.25) is 5.02 Å². The first-order chi connectivity index (χ1) is 8.08. The van der Waals surface area contributed by atoms with Gasteiger partial charge >= 0.3 is 0 Å². The summed E-state index contributed by atoms with van der Waals surface area (Å²) in [4.78, 5) is 15.9. The smallest absolute Gasteiger partial charge is 0.253 e. The lowest BCUT2D eigenvalue weighted by atomic mass is 10.2. The number of anilines is 1. The van der Waals surface area contributed by atoms with Crippen molar-refractivity contribution in [2.75, 3.05) is 26.1 Å². The summed E-state index contributed by atoms with van der Waals surface area (Å²) >= 11 is 5.93. The topological polar surface area (TPSA) is 63.2 Å². The van der Waals surface area contributed by atoms with Gasteiger partial charge in [0.25, 0.3) is 5.91 Å². The molecule has 1 heterocycles. The summed E-state index contributed by atoms with van der Waals surface area (Å²) in [5.74, 6) is 0.359. The van der Waals surface area contributed by atoms with Crippen LogP contribution in [0, 0.1) is 0 Å². The van der Waals surface area contributed by atoms with Crippen molar-refractivity contribution >= 4 is 23.3 Å². The van der Waals surface area contributed by atoms with Crippen LogP contribution in [0.4, 0.5) is 5.82 Å². The van der Waals surface area contributed by atoms with Gasteiger partial charge in [-0.3, -0.25) is 4.79 Å². The molecule has 1 rings (SSSR count). The summed E-state index contributed by atoms with van der Waals surface area (Å²) in [5.41, 5.74) is 0.397. The number of ether oxygens (including phenoxy) is 1. The molecule has 17 heavy (non-hydrogen) atoms. The van der Waals surface area contributed by atoms with Gasteiger partial charge in [0.05, 0.1) is 17.2 Å². The van der Waals surface area contributed by atoms with Gasteiger partial charge in [-0.05, 0) is 13.0 Å². The van der Waals surface area contributed by atoms with Gasteiger partial charge in [-0.2, -0.15) is 0 Å². The first-order valence-electron chi connectivity index (χ1n) is 5.21. The van der Waals surface area contributed by atoms with E-state index in [2.05, 4.69) is 15.6 Å². The first kappa shape index (κ1) is 13.7. The number of pyridine rings is 1. The molecule has 0 spiro atoms. The first-order valence-corrected chi connectivity index (χ1v) is 5.59. The Morgan fingerprint density at radius 1 is 1.65 bits per heavy atom. The highest BCUT2D eigenvalue weighted by Gasteiger charge is 2.14. The van der Waals surface area contributed by atoms with E-state index in [1.807, 2.05) is 6.92 Å². The summed E-state index contributed by atoms with van der Waals surface area (Å²) in [6, 6.07) is 1.53. The molecule has 0 aliphatic heterocycles. The third-order valence-electron chi connectivity index (χ3n) is 2.15. The number of amides is 1. The third-order valence-corrected chi connectivity index (χ3v) is 2.45. The van der Waals surface area contributed by atoms with E-state index in [1.165, 1.54) is 6.20 Å². The molecule has 2 N–H and O–H groups in total. The maximum absolute atomic E-state index is 11.9. The Hall–Kier alpha value is -1.33. The van der Waals surface area contributed by atoms with Gasteiger partial charge in [0, 0.05) is 26.4 Å². The average molecular weight is 258 g/mol. The minimum absolute atomic E-state index is 0.0743. The Balaban J connectivity index is 2.80. The van der Waals surface area contributed by atoms with Gasteiger partial charge in [-0.25, -0.2) is 4.98 Å². The zero-order chi connectivity index (χ0) is 12.8. The summed E-state index contributed by atoms with van der Waals surface area (Å²) in [6.45, 7) is 2.31. The van der Waals surface area contributed by atoms with Crippen molar-refractivity contribution in [3.05, 3.63) is 22.8 Å². The van der Waals surface area contributed by atoms with Crippen LogP contribution in [-0.4, -0.2) is 37.7 Å². The van der Waals surface area contributed by atoms with Crippen LogP contribution in [0.3, 0.4) is 0 Å². The van der Waals surface area contributed by atoms with Gasteiger partial charge in [-0.1, -0.05) is 11.6 Å². The SMILES string of the molecule is CNc1cc(C(=O)NC(C)COC)c(Cl)cn1. The molecule has 0 fully saturated rings. The van der Waals surface area contributed by atoms with Gasteiger partial charge in [0.1, 0.15) is 5.82 Å². The van der Waals surface area contributed by atoms with E-state index in [0.29, 0.717) is 23.0 Å². The average Bonchev–Trinajstić information content (AvgIpc) is 2.29. The normalized spacial score (nSPS) is 12.0. The molecule has 6 heteroatoms. The minimum atomic E-state index is -0.238. The summed E-state index contributed by atoms with van der Waals surface area (Å²) in [5, 5.41) is 5.96. The Morgan fingerprint density at radius 2 is 2.35 bits per heavy atom. The molecule has 0 aliphatic carbocycles. The second kappa shape index (κ2) is 6.42. The molecule has 0 aliphatic rings. The maximum Gasteiger partial charge on any atom is 0.253 e. The van der Waals surface area contributed by atoms with E-state index in [4.69, 9.17) is 16.3 Å². The van der Waals surface area contributed by atoms with Crippen LogP contribution in [0.1, 0.15) is 17.3 Å². The third kappa shape index (κ3) is 3.87. The molecule has 0 bridgehead atoms. The molecule has 94 valence electrons. The summed E-state index contributed by atoms with van der Waals surface area (Å²) in [7, 11) is 3.31. The molecule has 0 radical (unpaired) electrons. The van der Waals surface area contributed by atoms with Crippen molar-refractivity contribution in [3.8, 4) is 0 Å². The number of carbonyl (C=O) groups is 1. The van der Waals surface area contributed by atoms with Crippen LogP contribution < -0.4 is 10.6 Å². The molecule has 1 unspecified atom stereocenters. The number of carbonyl (C=O) groups excluding carboxylic acids is 1. The van der Waals surface area contributed by atoms with E-state index in [9.17, 15) is 4.79 Å². The van der Waals surface area contributed by atoms with Crippen LogP contribution in [-0.2, 0) is 4.74 Å². The standard InChI is InChI=1S/C11H16ClN3O2/c1-7(6-17-3)15-11(16)8-4-10(13-2)14-5-9(8)12/h4-5,7H,6H2,1-3H3,(H,13,14)(H,15,16). The number of nitrogens with zero attached hydrogens (tertiary/aromatic N) is 1. The number of nitrogens with one attached hydrogen (secondary N) is 2. The molecule has 1 aromatic rings. The molecule has 1 aromatic heterocycles. The highest BCUT2D eigenvalue weighted by molar-refractivity contribution is 6.33. The van der Waals surface area contributed by atoms with Crippen LogP contribution in [0.25, 0.3) is 0 Å². The summed E-state index contributed by atoms with van der Waals surface area (Å²) < 4.78 is 4.94. The van der Waals surface area contributed by atoms with Crippen molar-refractivity contribution in [1.82, 2.24) is 10.3 Å². The number of rotatable bonds is 5. The van der Waals surface area contributed by atoms with Crippen LogP contribution in [0.5, 0.6) is 0 Å². The zero-order valence-corrected chi connectivity index (χ0v) is 10.8. The quantitative estimate of drug-likeness (QED) is 0.840. The molecular weight excluding hydrogens is 242 g/mol. The number of aromatic nitrogens is 1. The highest BCUT2D eigenvalue weighted by Crippen LogP contribution is 2.17. The Labute approximate surface area is 106 Å². The highest BCUT2D eigenvalue weighted by atomic mass is 35.5. The molecule has 0 aromatic carbocycles. The lowest BCUT2D eigenvalue weighted by Gasteiger charge is -2.13. The van der Waals surface area contributed by atoms with Crippen LogP contribution >= 0.6 is 11.6 Å².